The third-order valence-corrected chi connectivity index (χ3v) is 4.00. The number of nitrogens with two attached hydrogens (primary N) is 2. The highest BCUT2D eigenvalue weighted by Crippen LogP contribution is 2.33. The van der Waals surface area contributed by atoms with Crippen LogP contribution in [0.2, 0.25) is 0 Å². The lowest BCUT2D eigenvalue weighted by molar-refractivity contribution is -0.116. The molecule has 7 nitrogen and oxygen atoms in total. The Morgan fingerprint density at radius 1 is 1.47 bits per heavy atom. The van der Waals surface area contributed by atoms with E-state index >= 15 is 0 Å². The van der Waals surface area contributed by atoms with Crippen LogP contribution in [0.3, 0.4) is 0 Å². The van der Waals surface area contributed by atoms with E-state index in [2.05, 4.69) is 31.3 Å². The molecule has 0 atom stereocenters. The van der Waals surface area contributed by atoms with Gasteiger partial charge in [-0.25, -0.2) is 15.8 Å². The van der Waals surface area contributed by atoms with E-state index in [0.717, 1.165) is 25.7 Å². The van der Waals surface area contributed by atoms with Crippen LogP contribution in [-0.4, -0.2) is 28.5 Å². The van der Waals surface area contributed by atoms with E-state index in [1.807, 2.05) is 4.90 Å². The first kappa shape index (κ1) is 14.0. The summed E-state index contributed by atoms with van der Waals surface area (Å²) in [6.07, 6.45) is 5.80. The molecule has 5 N–H and O–H groups in total. The molecule has 0 aliphatic heterocycles. The predicted octanol–water partition coefficient (Wildman–Crippen LogP) is 0.759. The van der Waals surface area contributed by atoms with Gasteiger partial charge in [-0.05, 0) is 28.8 Å². The van der Waals surface area contributed by atoms with Gasteiger partial charge in [0.1, 0.15) is 16.6 Å². The number of halogens is 1. The molecule has 0 unspecified atom stereocenters. The molecule has 0 radical (unpaired) electrons. The van der Waals surface area contributed by atoms with Gasteiger partial charge in [0.15, 0.2) is 5.82 Å². The summed E-state index contributed by atoms with van der Waals surface area (Å²) >= 11 is 3.42. The van der Waals surface area contributed by atoms with Crippen molar-refractivity contribution < 1.29 is 4.79 Å². The summed E-state index contributed by atoms with van der Waals surface area (Å²) in [6, 6.07) is 0.282. The van der Waals surface area contributed by atoms with Gasteiger partial charge in [0.25, 0.3) is 0 Å². The van der Waals surface area contributed by atoms with Crippen LogP contribution < -0.4 is 21.9 Å². The molecule has 0 bridgehead atoms. The third kappa shape index (κ3) is 3.13. The SMILES string of the molecule is NNc1ncnc(N(CC(N)=O)C2CCCC2)c1Br. The number of nitrogen functional groups attached to an aromatic ring is 1. The molecule has 2 rings (SSSR count). The normalized spacial score (nSPS) is 15.5. The molecular weight excluding hydrogens is 312 g/mol. The third-order valence-electron chi connectivity index (χ3n) is 3.27. The van der Waals surface area contributed by atoms with Crippen molar-refractivity contribution in [2.75, 3.05) is 16.9 Å². The first-order chi connectivity index (χ1) is 9.13. The van der Waals surface area contributed by atoms with Crippen molar-refractivity contribution in [3.63, 3.8) is 0 Å². The van der Waals surface area contributed by atoms with Crippen molar-refractivity contribution in [1.29, 1.82) is 0 Å². The van der Waals surface area contributed by atoms with Gasteiger partial charge in [-0.15, -0.1) is 0 Å². The lowest BCUT2D eigenvalue weighted by Crippen LogP contribution is -2.41. The molecular formula is C11H17BrN6O. The summed E-state index contributed by atoms with van der Waals surface area (Å²) in [6.45, 7) is 0.143. The monoisotopic (exact) mass is 328 g/mol. The molecule has 1 aromatic rings. The Morgan fingerprint density at radius 2 is 2.16 bits per heavy atom. The summed E-state index contributed by atoms with van der Waals surface area (Å²) in [5.74, 6) is 6.15. The summed E-state index contributed by atoms with van der Waals surface area (Å²) in [5.41, 5.74) is 7.83. The van der Waals surface area contributed by atoms with Gasteiger partial charge < -0.3 is 16.1 Å². The topological polar surface area (TPSA) is 110 Å². The second-order valence-electron chi connectivity index (χ2n) is 4.54. The quantitative estimate of drug-likeness (QED) is 0.543. The highest BCUT2D eigenvalue weighted by atomic mass is 79.9. The van der Waals surface area contributed by atoms with Crippen molar-refractivity contribution >= 4 is 33.5 Å². The summed E-state index contributed by atoms with van der Waals surface area (Å²) in [5, 5.41) is 0. The number of carbonyl (C=O) groups is 1. The minimum Gasteiger partial charge on any atom is -0.368 e. The van der Waals surface area contributed by atoms with Crippen LogP contribution in [0.15, 0.2) is 10.8 Å². The Hall–Kier alpha value is -1.41. The van der Waals surface area contributed by atoms with E-state index in [1.54, 1.807) is 0 Å². The Balaban J connectivity index is 2.34. The molecule has 0 spiro atoms. The summed E-state index contributed by atoms with van der Waals surface area (Å²) < 4.78 is 0.644. The number of rotatable bonds is 5. The molecule has 0 saturated heterocycles. The van der Waals surface area contributed by atoms with Crippen LogP contribution in [0, 0.1) is 0 Å². The van der Waals surface area contributed by atoms with E-state index < -0.39 is 0 Å². The van der Waals surface area contributed by atoms with Crippen LogP contribution in [0.25, 0.3) is 0 Å². The van der Waals surface area contributed by atoms with Gasteiger partial charge in [0.05, 0.1) is 6.54 Å². The van der Waals surface area contributed by atoms with Gasteiger partial charge >= 0.3 is 0 Å². The average Bonchev–Trinajstić information content (AvgIpc) is 2.90. The maximum atomic E-state index is 11.3. The van der Waals surface area contributed by atoms with Crippen molar-refractivity contribution in [2.45, 2.75) is 31.7 Å². The molecule has 1 aliphatic rings. The number of primary amides is 1. The number of nitrogens with zero attached hydrogens (tertiary/aromatic N) is 3. The number of hydrogen-bond acceptors (Lipinski definition) is 6. The van der Waals surface area contributed by atoms with Crippen molar-refractivity contribution in [3.8, 4) is 0 Å². The van der Waals surface area contributed by atoms with Crippen LogP contribution >= 0.6 is 15.9 Å². The minimum atomic E-state index is -0.375. The fourth-order valence-corrected chi connectivity index (χ4v) is 2.97. The molecule has 1 aromatic heterocycles. The predicted molar refractivity (Wildman–Crippen MR) is 76.3 cm³/mol. The largest absolute Gasteiger partial charge is 0.368 e. The Labute approximate surface area is 119 Å². The summed E-state index contributed by atoms with van der Waals surface area (Å²) in [4.78, 5) is 21.5. The van der Waals surface area contributed by atoms with Crippen molar-refractivity contribution in [1.82, 2.24) is 9.97 Å². The summed E-state index contributed by atoms with van der Waals surface area (Å²) in [7, 11) is 0. The lowest BCUT2D eigenvalue weighted by Gasteiger charge is -2.29. The van der Waals surface area contributed by atoms with E-state index in [-0.39, 0.29) is 18.5 Å². The van der Waals surface area contributed by atoms with Gasteiger partial charge in [0, 0.05) is 6.04 Å². The second kappa shape index (κ2) is 6.16. The number of anilines is 2. The Kier molecular flexibility index (Phi) is 4.54. The van der Waals surface area contributed by atoms with Crippen LogP contribution in [-0.2, 0) is 4.79 Å². The van der Waals surface area contributed by atoms with Gasteiger partial charge in [0.2, 0.25) is 5.91 Å². The van der Waals surface area contributed by atoms with E-state index in [0.29, 0.717) is 16.1 Å². The van der Waals surface area contributed by atoms with Gasteiger partial charge in [-0.1, -0.05) is 12.8 Å². The van der Waals surface area contributed by atoms with Crippen LogP contribution in [0.5, 0.6) is 0 Å². The molecule has 1 heterocycles. The number of aromatic nitrogens is 2. The Morgan fingerprint density at radius 3 is 2.74 bits per heavy atom. The average molecular weight is 329 g/mol. The van der Waals surface area contributed by atoms with Crippen molar-refractivity contribution in [2.24, 2.45) is 11.6 Å². The van der Waals surface area contributed by atoms with Crippen molar-refractivity contribution in [3.05, 3.63) is 10.8 Å². The molecule has 1 amide bonds. The maximum absolute atomic E-state index is 11.3. The molecule has 0 aromatic carbocycles. The molecule has 1 aliphatic carbocycles. The highest BCUT2D eigenvalue weighted by molar-refractivity contribution is 9.10. The fourth-order valence-electron chi connectivity index (χ4n) is 2.42. The first-order valence-electron chi connectivity index (χ1n) is 6.15. The minimum absolute atomic E-state index is 0.143. The molecule has 8 heteroatoms. The zero-order valence-electron chi connectivity index (χ0n) is 10.5. The first-order valence-corrected chi connectivity index (χ1v) is 6.95. The van der Waals surface area contributed by atoms with Gasteiger partial charge in [-0.2, -0.15) is 0 Å². The molecule has 19 heavy (non-hydrogen) atoms. The molecule has 1 saturated carbocycles. The number of nitrogens with one attached hydrogen (secondary N) is 1. The number of carbonyl (C=O) groups excluding carboxylic acids is 1. The zero-order valence-corrected chi connectivity index (χ0v) is 12.1. The van der Waals surface area contributed by atoms with E-state index in [9.17, 15) is 4.79 Å². The second-order valence-corrected chi connectivity index (χ2v) is 5.33. The highest BCUT2D eigenvalue weighted by Gasteiger charge is 2.27. The van der Waals surface area contributed by atoms with Crippen LogP contribution in [0.4, 0.5) is 11.6 Å². The van der Waals surface area contributed by atoms with Gasteiger partial charge in [-0.3, -0.25) is 4.79 Å². The fraction of sp³-hybridized carbons (Fsp3) is 0.545. The number of amides is 1. The number of hydrazine groups is 1. The standard InChI is InChI=1S/C11H17BrN6O/c12-9-10(17-14)15-6-16-11(9)18(5-8(13)19)7-3-1-2-4-7/h6-7H,1-5,14H2,(H2,13,19)(H,15,16,17). The lowest BCUT2D eigenvalue weighted by atomic mass is 10.2. The molecule has 104 valence electrons. The van der Waals surface area contributed by atoms with E-state index in [1.165, 1.54) is 6.33 Å². The zero-order chi connectivity index (χ0) is 13.8. The molecule has 1 fully saturated rings. The Bertz CT molecular complexity index is 462. The van der Waals surface area contributed by atoms with Crippen LogP contribution in [0.1, 0.15) is 25.7 Å². The number of hydrogen-bond donors (Lipinski definition) is 3. The maximum Gasteiger partial charge on any atom is 0.237 e. The van der Waals surface area contributed by atoms with E-state index in [4.69, 9.17) is 11.6 Å². The smallest absolute Gasteiger partial charge is 0.237 e.